The predicted octanol–water partition coefficient (Wildman–Crippen LogP) is 2.26. The van der Waals surface area contributed by atoms with Crippen molar-refractivity contribution in [1.29, 1.82) is 0 Å². The summed E-state index contributed by atoms with van der Waals surface area (Å²) in [5.41, 5.74) is 0. The summed E-state index contributed by atoms with van der Waals surface area (Å²) in [5.74, 6) is 0.481. The van der Waals surface area contributed by atoms with E-state index < -0.39 is 6.10 Å². The van der Waals surface area contributed by atoms with Crippen LogP contribution in [0.2, 0.25) is 0 Å². The number of hydrogen-bond donors (Lipinski definition) is 2. The Morgan fingerprint density at radius 3 is 2.88 bits per heavy atom. The van der Waals surface area contributed by atoms with Gasteiger partial charge in [-0.1, -0.05) is 6.42 Å². The highest BCUT2D eigenvalue weighted by molar-refractivity contribution is 7.12. The van der Waals surface area contributed by atoms with Crippen LogP contribution in [0.4, 0.5) is 0 Å². The molecule has 0 radical (unpaired) electrons. The normalized spacial score (nSPS) is 17.5. The molecule has 1 atom stereocenters. The minimum Gasteiger partial charge on any atom is -0.388 e. The van der Waals surface area contributed by atoms with E-state index in [1.165, 1.54) is 11.3 Å². The van der Waals surface area contributed by atoms with Crippen molar-refractivity contribution >= 4 is 17.2 Å². The zero-order valence-electron chi connectivity index (χ0n) is 10.1. The van der Waals surface area contributed by atoms with Crippen LogP contribution < -0.4 is 5.32 Å². The molecule has 1 aliphatic rings. The van der Waals surface area contributed by atoms with Gasteiger partial charge in [0, 0.05) is 22.2 Å². The molecule has 1 aromatic heterocycles. The molecule has 2 rings (SSSR count). The first-order chi connectivity index (χ1) is 8.16. The van der Waals surface area contributed by atoms with Crippen LogP contribution in [-0.2, 0) is 11.2 Å². The number of rotatable bonds is 5. The van der Waals surface area contributed by atoms with Crippen LogP contribution in [0.3, 0.4) is 0 Å². The maximum absolute atomic E-state index is 11.6. The van der Waals surface area contributed by atoms with Gasteiger partial charge >= 0.3 is 0 Å². The van der Waals surface area contributed by atoms with Gasteiger partial charge in [0.05, 0.1) is 6.10 Å². The lowest BCUT2D eigenvalue weighted by molar-refractivity contribution is -0.127. The van der Waals surface area contributed by atoms with Crippen LogP contribution in [0.25, 0.3) is 0 Å². The van der Waals surface area contributed by atoms with E-state index in [2.05, 4.69) is 5.32 Å². The summed E-state index contributed by atoms with van der Waals surface area (Å²) in [4.78, 5) is 13.8. The molecule has 0 unspecified atom stereocenters. The van der Waals surface area contributed by atoms with Gasteiger partial charge in [0.2, 0.25) is 5.91 Å². The summed E-state index contributed by atoms with van der Waals surface area (Å²) in [6.07, 6.45) is 3.77. The lowest BCUT2D eigenvalue weighted by Crippen LogP contribution is -2.35. The minimum absolute atomic E-state index is 0.212. The summed E-state index contributed by atoms with van der Waals surface area (Å²) in [6.45, 7) is 2.48. The van der Waals surface area contributed by atoms with Gasteiger partial charge in [-0.15, -0.1) is 11.3 Å². The Bertz CT molecular complexity index is 383. The lowest BCUT2D eigenvalue weighted by Gasteiger charge is -2.23. The molecule has 0 spiro atoms. The second kappa shape index (κ2) is 5.65. The monoisotopic (exact) mass is 253 g/mol. The van der Waals surface area contributed by atoms with Crippen LogP contribution in [0.15, 0.2) is 12.1 Å². The third-order valence-electron chi connectivity index (χ3n) is 3.24. The molecule has 94 valence electrons. The Kier molecular flexibility index (Phi) is 4.18. The standard InChI is InChI=1S/C13H19NO2S/c1-9(15)12-6-5-11(17-12)7-8-14-13(16)10-3-2-4-10/h5-6,9-10,15H,2-4,7-8H2,1H3,(H,14,16)/t9-/m0/s1. The maximum Gasteiger partial charge on any atom is 0.223 e. The van der Waals surface area contributed by atoms with E-state index >= 15 is 0 Å². The highest BCUT2D eigenvalue weighted by Crippen LogP contribution is 2.26. The van der Waals surface area contributed by atoms with E-state index in [9.17, 15) is 9.90 Å². The Morgan fingerprint density at radius 1 is 1.59 bits per heavy atom. The average Bonchev–Trinajstić information content (AvgIpc) is 2.63. The summed E-state index contributed by atoms with van der Waals surface area (Å²) in [7, 11) is 0. The average molecular weight is 253 g/mol. The molecule has 1 aromatic rings. The van der Waals surface area contributed by atoms with E-state index in [0.29, 0.717) is 6.54 Å². The van der Waals surface area contributed by atoms with Crippen molar-refractivity contribution in [2.45, 2.75) is 38.7 Å². The van der Waals surface area contributed by atoms with Gasteiger partial charge in [-0.25, -0.2) is 0 Å². The first-order valence-corrected chi connectivity index (χ1v) is 7.03. The highest BCUT2D eigenvalue weighted by Gasteiger charge is 2.24. The number of hydrogen-bond acceptors (Lipinski definition) is 3. The van der Waals surface area contributed by atoms with Gasteiger partial charge in [-0.05, 0) is 38.3 Å². The Balaban J connectivity index is 1.71. The van der Waals surface area contributed by atoms with Gasteiger partial charge in [-0.3, -0.25) is 4.79 Å². The van der Waals surface area contributed by atoms with Gasteiger partial charge in [0.1, 0.15) is 0 Å². The fourth-order valence-electron chi connectivity index (χ4n) is 1.88. The van der Waals surface area contributed by atoms with Crippen molar-refractivity contribution in [3.8, 4) is 0 Å². The Hall–Kier alpha value is -0.870. The highest BCUT2D eigenvalue weighted by atomic mass is 32.1. The number of amides is 1. The van der Waals surface area contributed by atoms with Gasteiger partial charge in [0.15, 0.2) is 0 Å². The molecule has 1 fully saturated rings. The predicted molar refractivity (Wildman–Crippen MR) is 69.0 cm³/mol. The summed E-state index contributed by atoms with van der Waals surface area (Å²) in [5, 5.41) is 12.4. The van der Waals surface area contributed by atoms with E-state index in [-0.39, 0.29) is 11.8 Å². The zero-order valence-corrected chi connectivity index (χ0v) is 10.9. The van der Waals surface area contributed by atoms with Crippen LogP contribution in [0, 0.1) is 5.92 Å². The molecule has 1 amide bonds. The largest absolute Gasteiger partial charge is 0.388 e. The molecule has 0 aliphatic heterocycles. The minimum atomic E-state index is -0.390. The molecule has 0 saturated heterocycles. The molecule has 2 N–H and O–H groups in total. The smallest absolute Gasteiger partial charge is 0.223 e. The number of nitrogens with one attached hydrogen (secondary N) is 1. The number of thiophene rings is 1. The summed E-state index contributed by atoms with van der Waals surface area (Å²) >= 11 is 1.62. The molecule has 1 heterocycles. The first kappa shape index (κ1) is 12.6. The zero-order chi connectivity index (χ0) is 12.3. The number of aliphatic hydroxyl groups excluding tert-OH is 1. The van der Waals surface area contributed by atoms with Crippen LogP contribution in [0.5, 0.6) is 0 Å². The summed E-state index contributed by atoms with van der Waals surface area (Å²) in [6, 6.07) is 3.99. The second-order valence-corrected chi connectivity index (χ2v) is 5.85. The number of carbonyl (C=O) groups is 1. The maximum atomic E-state index is 11.6. The first-order valence-electron chi connectivity index (χ1n) is 6.21. The molecular formula is C13H19NO2S. The van der Waals surface area contributed by atoms with Gasteiger partial charge in [0.25, 0.3) is 0 Å². The van der Waals surface area contributed by atoms with Crippen LogP contribution >= 0.6 is 11.3 Å². The lowest BCUT2D eigenvalue weighted by atomic mass is 9.85. The SMILES string of the molecule is C[C@H](O)c1ccc(CCNC(=O)C2CCC2)s1. The fraction of sp³-hybridized carbons (Fsp3) is 0.615. The van der Waals surface area contributed by atoms with Crippen molar-refractivity contribution in [1.82, 2.24) is 5.32 Å². The molecule has 0 bridgehead atoms. The molecule has 4 heteroatoms. The Labute approximate surface area is 106 Å². The molecule has 0 aromatic carbocycles. The van der Waals surface area contributed by atoms with Crippen molar-refractivity contribution in [2.24, 2.45) is 5.92 Å². The van der Waals surface area contributed by atoms with Gasteiger partial charge in [-0.2, -0.15) is 0 Å². The molecule has 1 aliphatic carbocycles. The number of carbonyl (C=O) groups excluding carboxylic acids is 1. The third-order valence-corrected chi connectivity index (χ3v) is 4.56. The summed E-state index contributed by atoms with van der Waals surface area (Å²) < 4.78 is 0. The second-order valence-electron chi connectivity index (χ2n) is 4.65. The molecular weight excluding hydrogens is 234 g/mol. The quantitative estimate of drug-likeness (QED) is 0.845. The van der Waals surface area contributed by atoms with Crippen LogP contribution in [-0.4, -0.2) is 17.6 Å². The van der Waals surface area contributed by atoms with E-state index in [1.807, 2.05) is 12.1 Å². The van der Waals surface area contributed by atoms with Gasteiger partial charge < -0.3 is 10.4 Å². The van der Waals surface area contributed by atoms with E-state index in [0.717, 1.165) is 24.1 Å². The van der Waals surface area contributed by atoms with E-state index in [1.54, 1.807) is 18.3 Å². The van der Waals surface area contributed by atoms with Crippen molar-refractivity contribution in [2.75, 3.05) is 6.54 Å². The third kappa shape index (κ3) is 3.30. The molecule has 17 heavy (non-hydrogen) atoms. The van der Waals surface area contributed by atoms with Crippen LogP contribution in [0.1, 0.15) is 42.0 Å². The fourth-order valence-corrected chi connectivity index (χ4v) is 2.83. The van der Waals surface area contributed by atoms with Crippen molar-refractivity contribution in [3.05, 3.63) is 21.9 Å². The Morgan fingerprint density at radius 2 is 2.35 bits per heavy atom. The topological polar surface area (TPSA) is 49.3 Å². The molecule has 3 nitrogen and oxygen atoms in total. The van der Waals surface area contributed by atoms with E-state index in [4.69, 9.17) is 0 Å². The number of aliphatic hydroxyl groups is 1. The molecule has 1 saturated carbocycles. The van der Waals surface area contributed by atoms with Crippen molar-refractivity contribution in [3.63, 3.8) is 0 Å². The van der Waals surface area contributed by atoms with Crippen molar-refractivity contribution < 1.29 is 9.90 Å².